The van der Waals surface area contributed by atoms with Gasteiger partial charge in [0.05, 0.1) is 24.6 Å². The molecule has 0 bridgehead atoms. The van der Waals surface area contributed by atoms with Crippen LogP contribution in [0.25, 0.3) is 0 Å². The number of nitrogens with zero attached hydrogens (tertiary/aromatic N) is 2. The number of rotatable bonds is 10. The van der Waals surface area contributed by atoms with Crippen molar-refractivity contribution in [1.82, 2.24) is 5.32 Å². The van der Waals surface area contributed by atoms with Crippen molar-refractivity contribution in [2.24, 2.45) is 0 Å². The van der Waals surface area contributed by atoms with E-state index in [1.54, 1.807) is 36.4 Å². The van der Waals surface area contributed by atoms with E-state index in [9.17, 15) is 28.1 Å². The van der Waals surface area contributed by atoms with Crippen molar-refractivity contribution in [2.45, 2.75) is 37.1 Å². The molecule has 1 saturated heterocycles. The average Bonchev–Trinajstić information content (AvgIpc) is 3.45. The second-order valence-corrected chi connectivity index (χ2v) is 10.8. The van der Waals surface area contributed by atoms with E-state index in [2.05, 4.69) is 15.4 Å². The molecule has 1 aliphatic rings. The van der Waals surface area contributed by atoms with Crippen molar-refractivity contribution in [3.05, 3.63) is 70.5 Å². The van der Waals surface area contributed by atoms with Gasteiger partial charge in [0.15, 0.2) is 5.76 Å². The number of furan rings is 1. The fraction of sp³-hybridized carbons (Fsp3) is 0.308. The van der Waals surface area contributed by atoms with Gasteiger partial charge < -0.3 is 24.7 Å². The number of sulfonamides is 1. The maximum atomic E-state index is 13.6. The molecule has 3 N–H and O–H groups in total. The van der Waals surface area contributed by atoms with Gasteiger partial charge >= 0.3 is 5.88 Å². The Balaban J connectivity index is 1.57. The molecular formula is C26H29N5O8S. The Morgan fingerprint density at radius 1 is 1.07 bits per heavy atom. The minimum absolute atomic E-state index is 0.0299. The molecule has 2 aromatic carbocycles. The summed E-state index contributed by atoms with van der Waals surface area (Å²) in [5.74, 6) is -2.04. The molecule has 1 atom stereocenters. The molecule has 40 heavy (non-hydrogen) atoms. The van der Waals surface area contributed by atoms with E-state index in [-0.39, 0.29) is 22.0 Å². The number of ether oxygens (including phenoxy) is 1. The summed E-state index contributed by atoms with van der Waals surface area (Å²) in [5, 5.41) is 15.8. The molecule has 0 radical (unpaired) electrons. The summed E-state index contributed by atoms with van der Waals surface area (Å²) >= 11 is 0. The number of nitrogens with one attached hydrogen (secondary N) is 3. The second kappa shape index (κ2) is 12.1. The first-order chi connectivity index (χ1) is 19.1. The Kier molecular flexibility index (Phi) is 8.58. The molecule has 14 heteroatoms. The summed E-state index contributed by atoms with van der Waals surface area (Å²) in [7, 11) is -2.68. The Hall–Kier alpha value is -4.59. The third-order valence-electron chi connectivity index (χ3n) is 6.30. The van der Waals surface area contributed by atoms with Gasteiger partial charge in [-0.25, -0.2) is 8.42 Å². The molecule has 0 aliphatic carbocycles. The van der Waals surface area contributed by atoms with E-state index in [4.69, 9.17) is 9.15 Å². The van der Waals surface area contributed by atoms with Gasteiger partial charge in [-0.3, -0.25) is 24.4 Å². The minimum atomic E-state index is -4.12. The van der Waals surface area contributed by atoms with Crippen LogP contribution in [0.5, 0.6) is 5.75 Å². The van der Waals surface area contributed by atoms with Crippen molar-refractivity contribution >= 4 is 44.8 Å². The molecule has 1 fully saturated rings. The van der Waals surface area contributed by atoms with Crippen LogP contribution in [0, 0.1) is 10.1 Å². The van der Waals surface area contributed by atoms with Crippen LogP contribution in [0.4, 0.5) is 22.9 Å². The Labute approximate surface area is 230 Å². The van der Waals surface area contributed by atoms with Crippen LogP contribution in [-0.2, 0) is 14.8 Å². The predicted octanol–water partition coefficient (Wildman–Crippen LogP) is 3.74. The largest absolute Gasteiger partial charge is 0.495 e. The van der Waals surface area contributed by atoms with Crippen LogP contribution in [0.3, 0.4) is 0 Å². The first kappa shape index (κ1) is 28.4. The van der Waals surface area contributed by atoms with Crippen LogP contribution >= 0.6 is 0 Å². The highest BCUT2D eigenvalue weighted by molar-refractivity contribution is 7.93. The maximum Gasteiger partial charge on any atom is 0.433 e. The van der Waals surface area contributed by atoms with Gasteiger partial charge in [-0.15, -0.1) is 0 Å². The van der Waals surface area contributed by atoms with Crippen LogP contribution in [0.1, 0.15) is 36.7 Å². The number of nitro groups is 1. The first-order valence-electron chi connectivity index (χ1n) is 12.5. The van der Waals surface area contributed by atoms with Gasteiger partial charge in [0.1, 0.15) is 21.6 Å². The third-order valence-corrected chi connectivity index (χ3v) is 7.70. The molecule has 4 rings (SSSR count). The quantitative estimate of drug-likeness (QED) is 0.242. The summed E-state index contributed by atoms with van der Waals surface area (Å²) in [5.41, 5.74) is 0.959. The van der Waals surface area contributed by atoms with E-state index in [0.717, 1.165) is 31.4 Å². The zero-order chi connectivity index (χ0) is 28.9. The number of anilines is 3. The number of carbonyl (C=O) groups excluding carboxylic acids is 2. The van der Waals surface area contributed by atoms with E-state index < -0.39 is 38.7 Å². The van der Waals surface area contributed by atoms with Crippen molar-refractivity contribution in [1.29, 1.82) is 0 Å². The zero-order valence-electron chi connectivity index (χ0n) is 21.9. The third kappa shape index (κ3) is 6.51. The molecule has 3 aromatic rings. The number of amides is 2. The monoisotopic (exact) mass is 571 g/mol. The number of benzene rings is 2. The summed E-state index contributed by atoms with van der Waals surface area (Å²) in [6, 6.07) is 12.3. The highest BCUT2D eigenvalue weighted by Gasteiger charge is 2.26. The average molecular weight is 572 g/mol. The fourth-order valence-electron chi connectivity index (χ4n) is 4.26. The van der Waals surface area contributed by atoms with E-state index in [1.807, 2.05) is 4.90 Å². The Morgan fingerprint density at radius 3 is 2.48 bits per heavy atom. The highest BCUT2D eigenvalue weighted by atomic mass is 32.2. The number of carbonyl (C=O) groups is 2. The van der Waals surface area contributed by atoms with Crippen LogP contribution in [0.15, 0.2) is 63.9 Å². The molecule has 212 valence electrons. The van der Waals surface area contributed by atoms with Crippen molar-refractivity contribution in [3.8, 4) is 5.75 Å². The molecule has 2 amide bonds. The maximum absolute atomic E-state index is 13.6. The fourth-order valence-corrected chi connectivity index (χ4v) is 5.59. The van der Waals surface area contributed by atoms with Gasteiger partial charge in [0.2, 0.25) is 5.91 Å². The predicted molar refractivity (Wildman–Crippen MR) is 147 cm³/mol. The lowest BCUT2D eigenvalue weighted by Gasteiger charge is -2.30. The molecule has 0 spiro atoms. The standard InChI is InChI=1S/C26H29N5O8S/c1-17(27-26(33)22-12-13-24(39-22)31(34)35)25(32)28-18-10-11-20(30-14-6-3-7-15-30)23(16-18)40(36,37)29-19-8-4-5-9-21(19)38-2/h4-5,8-13,16-17,29H,3,6-7,14-15H2,1-2H3,(H,27,33)(H,28,32). The number of methoxy groups -OCH3 is 1. The summed E-state index contributed by atoms with van der Waals surface area (Å²) < 4.78 is 40.0. The summed E-state index contributed by atoms with van der Waals surface area (Å²) in [6.07, 6.45) is 2.91. The number of hydrogen-bond donors (Lipinski definition) is 3. The Bertz CT molecular complexity index is 1510. The molecular weight excluding hydrogens is 542 g/mol. The topological polar surface area (TPSA) is 173 Å². The molecule has 0 saturated carbocycles. The van der Waals surface area contributed by atoms with Gasteiger partial charge in [0, 0.05) is 18.8 Å². The van der Waals surface area contributed by atoms with Gasteiger partial charge in [-0.1, -0.05) is 12.1 Å². The normalized spacial score (nSPS) is 14.2. The molecule has 2 heterocycles. The lowest BCUT2D eigenvalue weighted by atomic mass is 10.1. The molecule has 1 aliphatic heterocycles. The van der Waals surface area contributed by atoms with Crippen LogP contribution in [0.2, 0.25) is 0 Å². The van der Waals surface area contributed by atoms with Crippen LogP contribution in [-0.4, -0.2) is 51.4 Å². The van der Waals surface area contributed by atoms with E-state index >= 15 is 0 Å². The van der Waals surface area contributed by atoms with E-state index in [1.165, 1.54) is 20.1 Å². The van der Waals surface area contributed by atoms with Gasteiger partial charge in [-0.2, -0.15) is 0 Å². The van der Waals surface area contributed by atoms with Crippen molar-refractivity contribution in [2.75, 3.05) is 35.1 Å². The van der Waals surface area contributed by atoms with Crippen molar-refractivity contribution < 1.29 is 32.1 Å². The lowest BCUT2D eigenvalue weighted by Crippen LogP contribution is -2.41. The lowest BCUT2D eigenvalue weighted by molar-refractivity contribution is -0.402. The first-order valence-corrected chi connectivity index (χ1v) is 14.0. The molecule has 1 unspecified atom stereocenters. The van der Waals surface area contributed by atoms with Crippen LogP contribution < -0.4 is 25.0 Å². The molecule has 13 nitrogen and oxygen atoms in total. The SMILES string of the molecule is COc1ccccc1NS(=O)(=O)c1cc(NC(=O)C(C)NC(=O)c2ccc([N+](=O)[O-])o2)ccc1N1CCCCC1. The van der Waals surface area contributed by atoms with E-state index in [0.29, 0.717) is 24.5 Å². The number of piperidine rings is 1. The second-order valence-electron chi connectivity index (χ2n) is 9.12. The minimum Gasteiger partial charge on any atom is -0.495 e. The number of hydrogen-bond acceptors (Lipinski definition) is 9. The summed E-state index contributed by atoms with van der Waals surface area (Å²) in [4.78, 5) is 37.2. The van der Waals surface area contributed by atoms with Gasteiger partial charge in [0.25, 0.3) is 15.9 Å². The number of para-hydroxylation sites is 2. The smallest absolute Gasteiger partial charge is 0.433 e. The zero-order valence-corrected chi connectivity index (χ0v) is 22.7. The van der Waals surface area contributed by atoms with Gasteiger partial charge in [-0.05, 0) is 62.6 Å². The van der Waals surface area contributed by atoms with Crippen molar-refractivity contribution in [3.63, 3.8) is 0 Å². The highest BCUT2D eigenvalue weighted by Crippen LogP contribution is 2.33. The molecule has 1 aromatic heterocycles. The Morgan fingerprint density at radius 2 is 1.80 bits per heavy atom. The summed E-state index contributed by atoms with van der Waals surface area (Å²) in [6.45, 7) is 2.79.